The van der Waals surface area contributed by atoms with E-state index in [0.29, 0.717) is 17.7 Å². The van der Waals surface area contributed by atoms with Gasteiger partial charge in [0.05, 0.1) is 0 Å². The van der Waals surface area contributed by atoms with Crippen LogP contribution in [0.5, 0.6) is 0 Å². The smallest absolute Gasteiger partial charge is 0.130 e. The third kappa shape index (κ3) is 2.44. The largest absolute Gasteiger partial charge is 0.383 e. The molecule has 3 heteroatoms. The van der Waals surface area contributed by atoms with E-state index in [4.69, 9.17) is 5.73 Å². The number of hydrogen-bond donors (Lipinski definition) is 1. The van der Waals surface area contributed by atoms with Crippen LogP contribution in [0.4, 0.5) is 5.82 Å². The standard InChI is InChI=1S/C11H19N3/c1-7(2)5-9-10(8(3)4)11(12)14-6-13-9/h6-8H,5H2,1-4H3,(H2,12,13,14). The zero-order valence-electron chi connectivity index (χ0n) is 9.41. The summed E-state index contributed by atoms with van der Waals surface area (Å²) >= 11 is 0. The van der Waals surface area contributed by atoms with Gasteiger partial charge in [0.25, 0.3) is 0 Å². The summed E-state index contributed by atoms with van der Waals surface area (Å²) in [6.07, 6.45) is 2.53. The van der Waals surface area contributed by atoms with Crippen LogP contribution in [0.3, 0.4) is 0 Å². The lowest BCUT2D eigenvalue weighted by atomic mass is 9.96. The molecular weight excluding hydrogens is 174 g/mol. The predicted octanol–water partition coefficient (Wildman–Crippen LogP) is 2.38. The molecule has 0 atom stereocenters. The lowest BCUT2D eigenvalue weighted by Crippen LogP contribution is -2.09. The van der Waals surface area contributed by atoms with Crippen molar-refractivity contribution in [3.05, 3.63) is 17.6 Å². The van der Waals surface area contributed by atoms with E-state index in [0.717, 1.165) is 17.7 Å². The first-order chi connectivity index (χ1) is 6.52. The fraction of sp³-hybridized carbons (Fsp3) is 0.636. The third-order valence-electron chi connectivity index (χ3n) is 2.18. The summed E-state index contributed by atoms with van der Waals surface area (Å²) in [6.45, 7) is 8.61. The van der Waals surface area contributed by atoms with Crippen LogP contribution in [-0.4, -0.2) is 9.97 Å². The highest BCUT2D eigenvalue weighted by Crippen LogP contribution is 2.24. The fourth-order valence-electron chi connectivity index (χ4n) is 1.63. The van der Waals surface area contributed by atoms with Gasteiger partial charge in [-0.2, -0.15) is 0 Å². The summed E-state index contributed by atoms with van der Waals surface area (Å²) in [5.74, 6) is 1.62. The van der Waals surface area contributed by atoms with Gasteiger partial charge in [-0.15, -0.1) is 0 Å². The van der Waals surface area contributed by atoms with Gasteiger partial charge in [-0.05, 0) is 18.3 Å². The number of nitrogen functional groups attached to an aromatic ring is 1. The summed E-state index contributed by atoms with van der Waals surface area (Å²) < 4.78 is 0. The number of hydrogen-bond acceptors (Lipinski definition) is 3. The molecule has 0 spiro atoms. The molecule has 1 aromatic heterocycles. The SMILES string of the molecule is CC(C)Cc1ncnc(N)c1C(C)C. The highest BCUT2D eigenvalue weighted by Gasteiger charge is 2.13. The Morgan fingerprint density at radius 3 is 2.36 bits per heavy atom. The van der Waals surface area contributed by atoms with Crippen molar-refractivity contribution in [1.29, 1.82) is 0 Å². The van der Waals surface area contributed by atoms with Crippen molar-refractivity contribution in [2.75, 3.05) is 5.73 Å². The molecule has 0 aromatic carbocycles. The molecule has 0 radical (unpaired) electrons. The summed E-state index contributed by atoms with van der Waals surface area (Å²) in [7, 11) is 0. The number of nitrogens with zero attached hydrogens (tertiary/aromatic N) is 2. The topological polar surface area (TPSA) is 51.8 Å². The highest BCUT2D eigenvalue weighted by atomic mass is 14.9. The van der Waals surface area contributed by atoms with Gasteiger partial charge >= 0.3 is 0 Å². The van der Waals surface area contributed by atoms with E-state index in [1.807, 2.05) is 0 Å². The Morgan fingerprint density at radius 1 is 1.21 bits per heavy atom. The molecule has 0 aliphatic rings. The maximum absolute atomic E-state index is 5.85. The second-order valence-corrected chi connectivity index (χ2v) is 4.37. The zero-order chi connectivity index (χ0) is 10.7. The van der Waals surface area contributed by atoms with Gasteiger partial charge in [-0.3, -0.25) is 0 Å². The maximum atomic E-state index is 5.85. The summed E-state index contributed by atoms with van der Waals surface area (Å²) in [5.41, 5.74) is 8.06. The summed E-state index contributed by atoms with van der Waals surface area (Å²) in [6, 6.07) is 0. The van der Waals surface area contributed by atoms with Crippen LogP contribution in [0.15, 0.2) is 6.33 Å². The van der Waals surface area contributed by atoms with Crippen LogP contribution in [0.1, 0.15) is 44.9 Å². The number of anilines is 1. The lowest BCUT2D eigenvalue weighted by Gasteiger charge is -2.14. The molecule has 0 aliphatic carbocycles. The number of nitrogens with two attached hydrogens (primary N) is 1. The second kappa shape index (κ2) is 4.40. The zero-order valence-corrected chi connectivity index (χ0v) is 9.41. The molecule has 1 heterocycles. The van der Waals surface area contributed by atoms with Gasteiger partial charge in [-0.1, -0.05) is 27.7 Å². The number of rotatable bonds is 3. The van der Waals surface area contributed by atoms with E-state index in [-0.39, 0.29) is 0 Å². The molecule has 0 saturated carbocycles. The molecule has 14 heavy (non-hydrogen) atoms. The monoisotopic (exact) mass is 193 g/mol. The first-order valence-corrected chi connectivity index (χ1v) is 5.11. The van der Waals surface area contributed by atoms with E-state index in [9.17, 15) is 0 Å². The van der Waals surface area contributed by atoms with Crippen LogP contribution >= 0.6 is 0 Å². The number of aromatic nitrogens is 2. The normalized spacial score (nSPS) is 11.3. The molecule has 78 valence electrons. The van der Waals surface area contributed by atoms with Crippen LogP contribution in [0.2, 0.25) is 0 Å². The van der Waals surface area contributed by atoms with Crippen molar-refractivity contribution < 1.29 is 0 Å². The second-order valence-electron chi connectivity index (χ2n) is 4.37. The third-order valence-corrected chi connectivity index (χ3v) is 2.18. The Kier molecular flexibility index (Phi) is 3.44. The molecule has 0 unspecified atom stereocenters. The van der Waals surface area contributed by atoms with E-state index >= 15 is 0 Å². The van der Waals surface area contributed by atoms with Gasteiger partial charge in [0.1, 0.15) is 12.1 Å². The molecule has 0 fully saturated rings. The molecular formula is C11H19N3. The molecule has 3 nitrogen and oxygen atoms in total. The first kappa shape index (κ1) is 11.0. The van der Waals surface area contributed by atoms with Gasteiger partial charge in [0.15, 0.2) is 0 Å². The minimum atomic E-state index is 0.393. The van der Waals surface area contributed by atoms with Crippen LogP contribution in [0.25, 0.3) is 0 Å². The highest BCUT2D eigenvalue weighted by molar-refractivity contribution is 5.43. The summed E-state index contributed by atoms with van der Waals surface area (Å²) in [5, 5.41) is 0. The molecule has 0 bridgehead atoms. The van der Waals surface area contributed by atoms with Crippen LogP contribution in [-0.2, 0) is 6.42 Å². The van der Waals surface area contributed by atoms with Crippen molar-refractivity contribution in [2.24, 2.45) is 5.92 Å². The van der Waals surface area contributed by atoms with Gasteiger partial charge in [-0.25, -0.2) is 9.97 Å². The maximum Gasteiger partial charge on any atom is 0.130 e. The molecule has 1 rings (SSSR count). The Morgan fingerprint density at radius 2 is 1.86 bits per heavy atom. The molecule has 0 amide bonds. The van der Waals surface area contributed by atoms with E-state index in [1.54, 1.807) is 6.33 Å². The van der Waals surface area contributed by atoms with E-state index in [2.05, 4.69) is 37.7 Å². The van der Waals surface area contributed by atoms with Gasteiger partial charge in [0, 0.05) is 11.3 Å². The Balaban J connectivity index is 3.08. The average molecular weight is 193 g/mol. The van der Waals surface area contributed by atoms with Crippen molar-refractivity contribution in [3.63, 3.8) is 0 Å². The molecule has 2 N–H and O–H groups in total. The Labute approximate surface area is 85.8 Å². The van der Waals surface area contributed by atoms with E-state index in [1.165, 1.54) is 0 Å². The molecule has 0 aliphatic heterocycles. The quantitative estimate of drug-likeness (QED) is 0.801. The first-order valence-electron chi connectivity index (χ1n) is 5.11. The van der Waals surface area contributed by atoms with Gasteiger partial charge in [0.2, 0.25) is 0 Å². The predicted molar refractivity (Wildman–Crippen MR) is 59.1 cm³/mol. The van der Waals surface area contributed by atoms with E-state index < -0.39 is 0 Å². The molecule has 0 saturated heterocycles. The Hall–Kier alpha value is -1.12. The average Bonchev–Trinajstić information content (AvgIpc) is 2.01. The minimum absolute atomic E-state index is 0.393. The fourth-order valence-corrected chi connectivity index (χ4v) is 1.63. The molecule has 1 aromatic rings. The van der Waals surface area contributed by atoms with Crippen LogP contribution in [0, 0.1) is 5.92 Å². The van der Waals surface area contributed by atoms with Gasteiger partial charge < -0.3 is 5.73 Å². The van der Waals surface area contributed by atoms with Crippen LogP contribution < -0.4 is 5.73 Å². The van der Waals surface area contributed by atoms with Crippen molar-refractivity contribution in [3.8, 4) is 0 Å². The van der Waals surface area contributed by atoms with Crippen molar-refractivity contribution >= 4 is 5.82 Å². The summed E-state index contributed by atoms with van der Waals surface area (Å²) in [4.78, 5) is 8.34. The Bertz CT molecular complexity index is 305. The minimum Gasteiger partial charge on any atom is -0.383 e. The lowest BCUT2D eigenvalue weighted by molar-refractivity contribution is 0.623. The van der Waals surface area contributed by atoms with Crippen molar-refractivity contribution in [1.82, 2.24) is 9.97 Å². The van der Waals surface area contributed by atoms with Crippen molar-refractivity contribution in [2.45, 2.75) is 40.0 Å².